The van der Waals surface area contributed by atoms with E-state index in [2.05, 4.69) is 15.2 Å². The molecule has 0 aliphatic carbocycles. The van der Waals surface area contributed by atoms with Gasteiger partial charge < -0.3 is 0 Å². The second-order valence-corrected chi connectivity index (χ2v) is 3.80. The van der Waals surface area contributed by atoms with E-state index in [-0.39, 0.29) is 5.69 Å². The van der Waals surface area contributed by atoms with Gasteiger partial charge in [-0.25, -0.2) is 14.2 Å². The van der Waals surface area contributed by atoms with E-state index in [1.165, 1.54) is 17.1 Å². The molecule has 0 fully saturated rings. The van der Waals surface area contributed by atoms with Crippen molar-refractivity contribution >= 4 is 11.3 Å². The van der Waals surface area contributed by atoms with Crippen LogP contribution < -0.4 is 0 Å². The van der Waals surface area contributed by atoms with Gasteiger partial charge in [0.2, 0.25) is 0 Å². The number of hydrogen-bond acceptors (Lipinski definition) is 5. The van der Waals surface area contributed by atoms with Gasteiger partial charge in [-0.15, -0.1) is 0 Å². The van der Waals surface area contributed by atoms with Crippen molar-refractivity contribution in [2.24, 2.45) is 0 Å². The fraction of sp³-hybridized carbons (Fsp3) is 0.100. The molecule has 0 spiro atoms. The first kappa shape index (κ1) is 10.4. The van der Waals surface area contributed by atoms with E-state index >= 15 is 0 Å². The zero-order chi connectivity index (χ0) is 12.7. The van der Waals surface area contributed by atoms with Crippen molar-refractivity contribution < 1.29 is 4.92 Å². The van der Waals surface area contributed by atoms with Crippen LogP contribution in [0.4, 0.5) is 5.69 Å². The Hall–Kier alpha value is -2.77. The van der Waals surface area contributed by atoms with Crippen molar-refractivity contribution in [3.05, 3.63) is 46.7 Å². The van der Waals surface area contributed by atoms with Gasteiger partial charge in [-0.05, 0) is 6.92 Å². The van der Waals surface area contributed by atoms with Crippen LogP contribution in [0.3, 0.4) is 0 Å². The number of nitro groups is 1. The molecule has 0 unspecified atom stereocenters. The molecule has 3 rings (SSSR count). The van der Waals surface area contributed by atoms with Gasteiger partial charge in [0.1, 0.15) is 18.1 Å². The quantitative estimate of drug-likeness (QED) is 0.497. The smallest absolute Gasteiger partial charge is 0.258 e. The first-order chi connectivity index (χ1) is 8.63. The standard InChI is InChI=1S/C10H8N6O2/c1-7-2-10-11-3-8(5-15(10)13-7)14-6-9(4-12-14)16(17)18/h2-6H,1H3. The van der Waals surface area contributed by atoms with Crippen LogP contribution >= 0.6 is 0 Å². The van der Waals surface area contributed by atoms with Crippen molar-refractivity contribution in [3.63, 3.8) is 0 Å². The van der Waals surface area contributed by atoms with E-state index in [0.29, 0.717) is 5.69 Å². The Morgan fingerprint density at radius 2 is 2.17 bits per heavy atom. The summed E-state index contributed by atoms with van der Waals surface area (Å²) in [6.45, 7) is 1.87. The Bertz CT molecular complexity index is 744. The molecule has 0 aromatic carbocycles. The summed E-state index contributed by atoms with van der Waals surface area (Å²) in [4.78, 5) is 14.3. The lowest BCUT2D eigenvalue weighted by Gasteiger charge is -1.99. The van der Waals surface area contributed by atoms with Gasteiger partial charge in [0.15, 0.2) is 5.65 Å². The van der Waals surface area contributed by atoms with E-state index in [1.807, 2.05) is 13.0 Å². The van der Waals surface area contributed by atoms with Crippen LogP contribution in [0.1, 0.15) is 5.69 Å². The highest BCUT2D eigenvalue weighted by molar-refractivity contribution is 5.42. The van der Waals surface area contributed by atoms with Gasteiger partial charge in [0.05, 0.1) is 23.0 Å². The van der Waals surface area contributed by atoms with Crippen LogP contribution in [-0.4, -0.2) is 29.3 Å². The molecule has 8 nitrogen and oxygen atoms in total. The largest absolute Gasteiger partial charge is 0.307 e. The summed E-state index contributed by atoms with van der Waals surface area (Å²) in [5.41, 5.74) is 2.12. The number of rotatable bonds is 2. The third-order valence-electron chi connectivity index (χ3n) is 2.47. The Morgan fingerprint density at radius 1 is 1.33 bits per heavy atom. The molecule has 18 heavy (non-hydrogen) atoms. The molecule has 90 valence electrons. The van der Waals surface area contributed by atoms with Gasteiger partial charge >= 0.3 is 5.69 Å². The summed E-state index contributed by atoms with van der Waals surface area (Å²) >= 11 is 0. The molecule has 0 N–H and O–H groups in total. The fourth-order valence-corrected chi connectivity index (χ4v) is 1.65. The summed E-state index contributed by atoms with van der Waals surface area (Å²) in [6.07, 6.45) is 5.83. The van der Waals surface area contributed by atoms with Crippen LogP contribution in [0.25, 0.3) is 11.3 Å². The van der Waals surface area contributed by atoms with Gasteiger partial charge in [0, 0.05) is 6.07 Å². The molecule has 3 aromatic heterocycles. The fourth-order valence-electron chi connectivity index (χ4n) is 1.65. The summed E-state index contributed by atoms with van der Waals surface area (Å²) in [5, 5.41) is 18.7. The number of nitrogens with zero attached hydrogens (tertiary/aromatic N) is 6. The number of fused-ring (bicyclic) bond motifs is 1. The molecule has 0 atom stereocenters. The third kappa shape index (κ3) is 1.59. The number of aryl methyl sites for hydroxylation is 1. The molecule has 0 amide bonds. The highest BCUT2D eigenvalue weighted by atomic mass is 16.6. The molecular weight excluding hydrogens is 236 g/mol. The van der Waals surface area contributed by atoms with E-state index < -0.39 is 4.92 Å². The molecule has 0 saturated heterocycles. The summed E-state index contributed by atoms with van der Waals surface area (Å²) in [5.74, 6) is 0. The lowest BCUT2D eigenvalue weighted by molar-refractivity contribution is -0.384. The summed E-state index contributed by atoms with van der Waals surface area (Å²) in [7, 11) is 0. The average molecular weight is 244 g/mol. The lowest BCUT2D eigenvalue weighted by atomic mass is 10.5. The van der Waals surface area contributed by atoms with E-state index in [0.717, 1.165) is 11.3 Å². The van der Waals surface area contributed by atoms with E-state index in [9.17, 15) is 10.1 Å². The van der Waals surface area contributed by atoms with E-state index in [1.54, 1.807) is 16.9 Å². The predicted octanol–water partition coefficient (Wildman–Crippen LogP) is 1.13. The predicted molar refractivity (Wildman–Crippen MR) is 61.5 cm³/mol. The van der Waals surface area contributed by atoms with Crippen molar-refractivity contribution in [3.8, 4) is 5.69 Å². The highest BCUT2D eigenvalue weighted by Crippen LogP contribution is 2.13. The monoisotopic (exact) mass is 244 g/mol. The maximum absolute atomic E-state index is 10.6. The number of hydrogen-bond donors (Lipinski definition) is 0. The molecule has 8 heteroatoms. The van der Waals surface area contributed by atoms with E-state index in [4.69, 9.17) is 0 Å². The normalized spacial score (nSPS) is 10.9. The molecular formula is C10H8N6O2. The Morgan fingerprint density at radius 3 is 2.89 bits per heavy atom. The molecule has 0 aliphatic rings. The second kappa shape index (κ2) is 3.62. The van der Waals surface area contributed by atoms with Gasteiger partial charge in [-0.3, -0.25) is 10.1 Å². The molecule has 0 saturated carbocycles. The zero-order valence-electron chi connectivity index (χ0n) is 9.39. The van der Waals surface area contributed by atoms with Crippen LogP contribution in [-0.2, 0) is 0 Å². The summed E-state index contributed by atoms with van der Waals surface area (Å²) < 4.78 is 3.00. The minimum absolute atomic E-state index is 0.0632. The van der Waals surface area contributed by atoms with Crippen molar-refractivity contribution in [1.29, 1.82) is 0 Å². The Kier molecular flexibility index (Phi) is 2.09. The van der Waals surface area contributed by atoms with Crippen molar-refractivity contribution in [2.75, 3.05) is 0 Å². The molecule has 3 aromatic rings. The van der Waals surface area contributed by atoms with Gasteiger partial charge in [0.25, 0.3) is 0 Å². The zero-order valence-corrected chi connectivity index (χ0v) is 9.39. The minimum atomic E-state index is -0.493. The average Bonchev–Trinajstić information content (AvgIpc) is 2.91. The minimum Gasteiger partial charge on any atom is -0.258 e. The van der Waals surface area contributed by atoms with Crippen LogP contribution in [0.5, 0.6) is 0 Å². The van der Waals surface area contributed by atoms with Gasteiger partial charge in [-0.2, -0.15) is 10.2 Å². The van der Waals surface area contributed by atoms with Crippen LogP contribution in [0.2, 0.25) is 0 Å². The Labute approximate surface area is 101 Å². The maximum Gasteiger partial charge on any atom is 0.307 e. The van der Waals surface area contributed by atoms with Gasteiger partial charge in [-0.1, -0.05) is 0 Å². The highest BCUT2D eigenvalue weighted by Gasteiger charge is 2.10. The van der Waals surface area contributed by atoms with Crippen LogP contribution in [0.15, 0.2) is 30.9 Å². The first-order valence-corrected chi connectivity index (χ1v) is 5.15. The molecule has 0 bridgehead atoms. The number of aromatic nitrogens is 5. The summed E-state index contributed by atoms with van der Waals surface area (Å²) in [6, 6.07) is 1.84. The van der Waals surface area contributed by atoms with Crippen LogP contribution in [0, 0.1) is 17.0 Å². The lowest BCUT2D eigenvalue weighted by Crippen LogP contribution is -1.99. The van der Waals surface area contributed by atoms with Crippen molar-refractivity contribution in [1.82, 2.24) is 24.4 Å². The molecule has 0 radical (unpaired) electrons. The topological polar surface area (TPSA) is 91.1 Å². The SMILES string of the molecule is Cc1cc2ncc(-n3cc([N+](=O)[O-])cn3)cn2n1. The maximum atomic E-state index is 10.6. The van der Waals surface area contributed by atoms with Crippen molar-refractivity contribution in [2.45, 2.75) is 6.92 Å². The molecule has 0 aliphatic heterocycles. The third-order valence-corrected chi connectivity index (χ3v) is 2.47. The molecule has 3 heterocycles. The Balaban J connectivity index is 2.09. The second-order valence-electron chi connectivity index (χ2n) is 3.80. The first-order valence-electron chi connectivity index (χ1n) is 5.15.